The summed E-state index contributed by atoms with van der Waals surface area (Å²) in [6.07, 6.45) is 1.79. The molecule has 1 aliphatic carbocycles. The topological polar surface area (TPSA) is 46.2 Å². The lowest BCUT2D eigenvalue weighted by Gasteiger charge is -2.09. The zero-order chi connectivity index (χ0) is 17.1. The van der Waals surface area contributed by atoms with E-state index < -0.39 is 0 Å². The summed E-state index contributed by atoms with van der Waals surface area (Å²) < 4.78 is 0. The van der Waals surface area contributed by atoms with Crippen LogP contribution in [0.4, 0.5) is 0 Å². The van der Waals surface area contributed by atoms with Crippen molar-refractivity contribution in [2.45, 2.75) is 26.7 Å². The predicted molar refractivity (Wildman–Crippen MR) is 95.9 cm³/mol. The quantitative estimate of drug-likeness (QED) is 0.853. The molecule has 3 nitrogen and oxygen atoms in total. The van der Waals surface area contributed by atoms with Crippen LogP contribution in [0.15, 0.2) is 54.1 Å². The van der Waals surface area contributed by atoms with E-state index in [1.54, 1.807) is 6.07 Å². The Morgan fingerprint density at radius 1 is 0.958 bits per heavy atom. The SMILES string of the molecule is CCCNC(=O)C1=C(c2ccc(CC)cc2)c2ccccc2C1=O. The number of hydrogen-bond acceptors (Lipinski definition) is 2. The number of rotatable bonds is 5. The molecule has 1 N–H and O–H groups in total. The predicted octanol–water partition coefficient (Wildman–Crippen LogP) is 3.77. The van der Waals surface area contributed by atoms with E-state index in [0.29, 0.717) is 12.1 Å². The Bertz CT molecular complexity index is 816. The largest absolute Gasteiger partial charge is 0.352 e. The lowest BCUT2D eigenvalue weighted by Crippen LogP contribution is -2.28. The lowest BCUT2D eigenvalue weighted by atomic mass is 9.96. The monoisotopic (exact) mass is 319 g/mol. The number of aryl methyl sites for hydroxylation is 1. The summed E-state index contributed by atoms with van der Waals surface area (Å²) in [5.41, 5.74) is 4.59. The Morgan fingerprint density at radius 2 is 1.62 bits per heavy atom. The molecule has 2 aromatic rings. The maximum atomic E-state index is 12.8. The Morgan fingerprint density at radius 3 is 2.25 bits per heavy atom. The van der Waals surface area contributed by atoms with Gasteiger partial charge in [0.05, 0.1) is 5.57 Å². The number of hydrogen-bond donors (Lipinski definition) is 1. The third-order valence-electron chi connectivity index (χ3n) is 4.33. The highest BCUT2D eigenvalue weighted by Gasteiger charge is 2.34. The number of carbonyl (C=O) groups is 2. The number of carbonyl (C=O) groups excluding carboxylic acids is 2. The third kappa shape index (κ3) is 2.78. The Kier molecular flexibility index (Phi) is 4.61. The molecule has 122 valence electrons. The third-order valence-corrected chi connectivity index (χ3v) is 4.33. The summed E-state index contributed by atoms with van der Waals surface area (Å²) >= 11 is 0. The van der Waals surface area contributed by atoms with Gasteiger partial charge in [0.2, 0.25) is 0 Å². The molecular weight excluding hydrogens is 298 g/mol. The summed E-state index contributed by atoms with van der Waals surface area (Å²) in [6, 6.07) is 15.5. The van der Waals surface area contributed by atoms with Gasteiger partial charge in [0.15, 0.2) is 5.78 Å². The van der Waals surface area contributed by atoms with E-state index in [1.807, 2.05) is 37.3 Å². The molecule has 24 heavy (non-hydrogen) atoms. The molecule has 0 spiro atoms. The number of nitrogens with one attached hydrogen (secondary N) is 1. The molecule has 1 aliphatic rings. The molecule has 0 aliphatic heterocycles. The molecule has 0 bridgehead atoms. The molecule has 0 saturated heterocycles. The van der Waals surface area contributed by atoms with Crippen LogP contribution in [0.25, 0.3) is 5.57 Å². The molecular formula is C21H21NO2. The Labute approximate surface area is 142 Å². The van der Waals surface area contributed by atoms with Gasteiger partial charge in [0, 0.05) is 17.7 Å². The van der Waals surface area contributed by atoms with Crippen LogP contribution in [0.2, 0.25) is 0 Å². The van der Waals surface area contributed by atoms with Gasteiger partial charge in [0.1, 0.15) is 0 Å². The second kappa shape index (κ2) is 6.83. The highest BCUT2D eigenvalue weighted by Crippen LogP contribution is 2.37. The molecule has 0 heterocycles. The minimum absolute atomic E-state index is 0.186. The van der Waals surface area contributed by atoms with Crippen molar-refractivity contribution in [2.75, 3.05) is 6.54 Å². The summed E-state index contributed by atoms with van der Waals surface area (Å²) in [5, 5.41) is 2.84. The first-order chi connectivity index (χ1) is 11.7. The van der Waals surface area contributed by atoms with E-state index in [9.17, 15) is 9.59 Å². The van der Waals surface area contributed by atoms with Crippen LogP contribution >= 0.6 is 0 Å². The number of benzene rings is 2. The number of Topliss-reactive ketones (excluding diaryl/α,β-unsaturated/α-hetero) is 1. The molecule has 0 atom stereocenters. The second-order valence-corrected chi connectivity index (χ2v) is 5.93. The zero-order valence-corrected chi connectivity index (χ0v) is 14.1. The number of ketones is 1. The Hall–Kier alpha value is -2.68. The van der Waals surface area contributed by atoms with Crippen LogP contribution in [0.3, 0.4) is 0 Å². The van der Waals surface area contributed by atoms with Crippen molar-refractivity contribution >= 4 is 17.3 Å². The van der Waals surface area contributed by atoms with Crippen LogP contribution in [0, 0.1) is 0 Å². The standard InChI is InChI=1S/C21H21NO2/c1-3-13-22-21(24)19-18(15-11-9-14(4-2)10-12-15)16-7-5-6-8-17(16)20(19)23/h5-12H,3-4,13H2,1-2H3,(H,22,24). The first-order valence-corrected chi connectivity index (χ1v) is 8.43. The Balaban J connectivity index is 2.14. The summed E-state index contributed by atoms with van der Waals surface area (Å²) in [5.74, 6) is -0.471. The van der Waals surface area contributed by atoms with Crippen molar-refractivity contribution in [2.24, 2.45) is 0 Å². The van der Waals surface area contributed by atoms with Crippen molar-refractivity contribution in [3.63, 3.8) is 0 Å². The van der Waals surface area contributed by atoms with Crippen molar-refractivity contribution in [1.29, 1.82) is 0 Å². The second-order valence-electron chi connectivity index (χ2n) is 5.93. The van der Waals surface area contributed by atoms with Gasteiger partial charge in [-0.05, 0) is 29.5 Å². The van der Waals surface area contributed by atoms with E-state index in [0.717, 1.165) is 29.5 Å². The molecule has 2 aromatic carbocycles. The fourth-order valence-electron chi connectivity index (χ4n) is 3.03. The maximum absolute atomic E-state index is 12.8. The van der Waals surface area contributed by atoms with Gasteiger partial charge in [0.25, 0.3) is 5.91 Å². The number of amides is 1. The van der Waals surface area contributed by atoms with E-state index in [1.165, 1.54) is 5.56 Å². The molecule has 0 radical (unpaired) electrons. The van der Waals surface area contributed by atoms with Gasteiger partial charge in [-0.2, -0.15) is 0 Å². The molecule has 0 aromatic heterocycles. The van der Waals surface area contributed by atoms with Gasteiger partial charge in [-0.15, -0.1) is 0 Å². The van der Waals surface area contributed by atoms with Crippen LogP contribution < -0.4 is 5.32 Å². The fraction of sp³-hybridized carbons (Fsp3) is 0.238. The average molecular weight is 319 g/mol. The van der Waals surface area contributed by atoms with E-state index in [-0.39, 0.29) is 17.3 Å². The van der Waals surface area contributed by atoms with Crippen LogP contribution in [0.1, 0.15) is 47.3 Å². The summed E-state index contributed by atoms with van der Waals surface area (Å²) in [6.45, 7) is 4.66. The minimum atomic E-state index is -0.285. The van der Waals surface area contributed by atoms with Crippen molar-refractivity contribution < 1.29 is 9.59 Å². The molecule has 0 saturated carbocycles. The highest BCUT2D eigenvalue weighted by atomic mass is 16.2. The van der Waals surface area contributed by atoms with Gasteiger partial charge >= 0.3 is 0 Å². The fourth-order valence-corrected chi connectivity index (χ4v) is 3.03. The van der Waals surface area contributed by atoms with Crippen LogP contribution in [-0.2, 0) is 11.2 Å². The number of fused-ring (bicyclic) bond motifs is 1. The first-order valence-electron chi connectivity index (χ1n) is 8.43. The van der Waals surface area contributed by atoms with Crippen LogP contribution in [-0.4, -0.2) is 18.2 Å². The van der Waals surface area contributed by atoms with Gasteiger partial charge in [-0.25, -0.2) is 0 Å². The maximum Gasteiger partial charge on any atom is 0.255 e. The van der Waals surface area contributed by atoms with Crippen molar-refractivity contribution in [1.82, 2.24) is 5.32 Å². The van der Waals surface area contributed by atoms with Gasteiger partial charge in [-0.1, -0.05) is 62.4 Å². The molecule has 3 rings (SSSR count). The molecule has 1 amide bonds. The zero-order valence-electron chi connectivity index (χ0n) is 14.1. The summed E-state index contributed by atoms with van der Waals surface area (Å²) in [4.78, 5) is 25.4. The van der Waals surface area contributed by atoms with E-state index in [4.69, 9.17) is 0 Å². The van der Waals surface area contributed by atoms with E-state index in [2.05, 4.69) is 24.4 Å². The van der Waals surface area contributed by atoms with E-state index >= 15 is 0 Å². The minimum Gasteiger partial charge on any atom is -0.352 e. The van der Waals surface area contributed by atoms with Crippen molar-refractivity contribution in [3.05, 3.63) is 76.4 Å². The van der Waals surface area contributed by atoms with Gasteiger partial charge in [-0.3, -0.25) is 9.59 Å². The molecule has 0 fully saturated rings. The first kappa shape index (κ1) is 16.2. The van der Waals surface area contributed by atoms with Gasteiger partial charge < -0.3 is 5.32 Å². The van der Waals surface area contributed by atoms with Crippen molar-refractivity contribution in [3.8, 4) is 0 Å². The normalized spacial score (nSPS) is 13.2. The van der Waals surface area contributed by atoms with Crippen LogP contribution in [0.5, 0.6) is 0 Å². The smallest absolute Gasteiger partial charge is 0.255 e. The molecule has 3 heteroatoms. The summed E-state index contributed by atoms with van der Waals surface area (Å²) in [7, 11) is 0. The highest BCUT2D eigenvalue weighted by molar-refractivity contribution is 6.36. The average Bonchev–Trinajstić information content (AvgIpc) is 2.93. The molecule has 0 unspecified atom stereocenters. The lowest BCUT2D eigenvalue weighted by molar-refractivity contribution is -0.117.